The smallest absolute Gasteiger partial charge is 0.255 e. The van der Waals surface area contributed by atoms with Gasteiger partial charge in [0.25, 0.3) is 5.91 Å². The van der Waals surface area contributed by atoms with Gasteiger partial charge in [-0.15, -0.1) is 0 Å². The van der Waals surface area contributed by atoms with E-state index in [4.69, 9.17) is 0 Å². The van der Waals surface area contributed by atoms with Crippen molar-refractivity contribution in [1.82, 2.24) is 4.72 Å². The zero-order valence-corrected chi connectivity index (χ0v) is 14.9. The van der Waals surface area contributed by atoms with Gasteiger partial charge in [-0.05, 0) is 67.8 Å². The Morgan fingerprint density at radius 3 is 2.25 bits per heavy atom. The molecule has 0 aromatic heterocycles. The number of benzene rings is 2. The number of amides is 1. The summed E-state index contributed by atoms with van der Waals surface area (Å²) in [6.45, 7) is 6.26. The molecule has 0 saturated heterocycles. The maximum absolute atomic E-state index is 12.3. The first kappa shape index (κ1) is 18.2. The molecule has 0 spiro atoms. The third-order valence-electron chi connectivity index (χ3n) is 3.73. The summed E-state index contributed by atoms with van der Waals surface area (Å²) in [6, 6.07) is 11.6. The number of hydrogen-bond acceptors (Lipinski definition) is 3. The van der Waals surface area contributed by atoms with E-state index < -0.39 is 10.0 Å². The van der Waals surface area contributed by atoms with Crippen LogP contribution in [0.25, 0.3) is 0 Å². The van der Waals surface area contributed by atoms with Crippen molar-refractivity contribution in [1.29, 1.82) is 0 Å². The fraction of sp³-hybridized carbons (Fsp3) is 0.278. The molecule has 0 radical (unpaired) electrons. The van der Waals surface area contributed by atoms with Crippen LogP contribution in [0.15, 0.2) is 47.4 Å². The van der Waals surface area contributed by atoms with Gasteiger partial charge in [-0.3, -0.25) is 4.79 Å². The fourth-order valence-electron chi connectivity index (χ4n) is 2.13. The second kappa shape index (κ2) is 7.59. The number of hydrogen-bond donors (Lipinski definition) is 2. The predicted octanol–water partition coefficient (Wildman–Crippen LogP) is 3.24. The highest BCUT2D eigenvalue weighted by Gasteiger charge is 2.14. The van der Waals surface area contributed by atoms with Crippen molar-refractivity contribution in [2.45, 2.75) is 32.1 Å². The second-order valence-corrected chi connectivity index (χ2v) is 7.44. The summed E-state index contributed by atoms with van der Waals surface area (Å²) in [6.07, 6.45) is 0.718. The van der Waals surface area contributed by atoms with Crippen LogP contribution >= 0.6 is 0 Å². The Bertz CT molecular complexity index is 828. The van der Waals surface area contributed by atoms with Crippen LogP contribution < -0.4 is 10.0 Å². The Kier molecular flexibility index (Phi) is 5.75. The average Bonchev–Trinajstić information content (AvgIpc) is 2.56. The molecule has 0 atom stereocenters. The monoisotopic (exact) mass is 346 g/mol. The summed E-state index contributed by atoms with van der Waals surface area (Å²) in [4.78, 5) is 12.4. The molecule has 2 aromatic carbocycles. The highest BCUT2D eigenvalue weighted by Crippen LogP contribution is 2.16. The van der Waals surface area contributed by atoms with Gasteiger partial charge in [0.2, 0.25) is 10.0 Å². The van der Waals surface area contributed by atoms with Gasteiger partial charge in [0.1, 0.15) is 0 Å². The minimum absolute atomic E-state index is 0.152. The quantitative estimate of drug-likeness (QED) is 0.843. The first-order valence-corrected chi connectivity index (χ1v) is 9.30. The lowest BCUT2D eigenvalue weighted by Gasteiger charge is -2.09. The maximum Gasteiger partial charge on any atom is 0.255 e. The van der Waals surface area contributed by atoms with Crippen LogP contribution in [0.4, 0.5) is 5.69 Å². The Morgan fingerprint density at radius 1 is 1.00 bits per heavy atom. The minimum atomic E-state index is -3.52. The second-order valence-electron chi connectivity index (χ2n) is 5.68. The molecule has 0 saturated carbocycles. The molecule has 0 heterocycles. The third kappa shape index (κ3) is 4.43. The van der Waals surface area contributed by atoms with E-state index >= 15 is 0 Å². The molecule has 5 nitrogen and oxygen atoms in total. The van der Waals surface area contributed by atoms with E-state index in [-0.39, 0.29) is 10.8 Å². The van der Waals surface area contributed by atoms with Gasteiger partial charge in [0, 0.05) is 17.8 Å². The molecule has 0 fully saturated rings. The molecule has 2 N–H and O–H groups in total. The molecule has 0 aliphatic carbocycles. The van der Waals surface area contributed by atoms with Crippen molar-refractivity contribution in [2.75, 3.05) is 11.9 Å². The molecule has 0 unspecified atom stereocenters. The molecular weight excluding hydrogens is 324 g/mol. The predicted molar refractivity (Wildman–Crippen MR) is 95.8 cm³/mol. The molecular formula is C18H22N2O3S. The lowest BCUT2D eigenvalue weighted by atomic mass is 10.1. The first-order valence-electron chi connectivity index (χ1n) is 7.82. The van der Waals surface area contributed by atoms with Crippen molar-refractivity contribution in [3.63, 3.8) is 0 Å². The van der Waals surface area contributed by atoms with Crippen molar-refractivity contribution in [2.24, 2.45) is 0 Å². The van der Waals surface area contributed by atoms with E-state index in [0.29, 0.717) is 17.8 Å². The molecule has 128 valence electrons. The van der Waals surface area contributed by atoms with Gasteiger partial charge < -0.3 is 5.32 Å². The number of sulfonamides is 1. The van der Waals surface area contributed by atoms with Crippen LogP contribution in [0.2, 0.25) is 0 Å². The first-order chi connectivity index (χ1) is 11.3. The number of rotatable bonds is 6. The van der Waals surface area contributed by atoms with E-state index in [1.807, 2.05) is 39.0 Å². The molecule has 1 amide bonds. The third-order valence-corrected chi connectivity index (χ3v) is 5.21. The number of carbonyl (C=O) groups excluding carboxylic acids is 1. The molecule has 24 heavy (non-hydrogen) atoms. The number of carbonyl (C=O) groups is 1. The van der Waals surface area contributed by atoms with Gasteiger partial charge in [-0.2, -0.15) is 0 Å². The van der Waals surface area contributed by atoms with Crippen molar-refractivity contribution in [3.8, 4) is 0 Å². The summed E-state index contributed by atoms with van der Waals surface area (Å²) in [7, 11) is -3.52. The van der Waals surface area contributed by atoms with Crippen LogP contribution in [-0.2, 0) is 10.0 Å². The zero-order chi connectivity index (χ0) is 17.7. The SMILES string of the molecule is CCCNS(=O)(=O)c1ccc(C(=O)Nc2ccc(C)c(C)c2)cc1. The highest BCUT2D eigenvalue weighted by molar-refractivity contribution is 7.89. The van der Waals surface area contributed by atoms with Crippen LogP contribution in [-0.4, -0.2) is 20.9 Å². The summed E-state index contributed by atoms with van der Waals surface area (Å²) >= 11 is 0. The Balaban J connectivity index is 2.12. The zero-order valence-electron chi connectivity index (χ0n) is 14.1. The molecule has 6 heteroatoms. The molecule has 2 aromatic rings. The molecule has 0 aliphatic rings. The van der Waals surface area contributed by atoms with Crippen LogP contribution in [0.5, 0.6) is 0 Å². The van der Waals surface area contributed by atoms with E-state index in [1.165, 1.54) is 24.3 Å². The number of aryl methyl sites for hydroxylation is 2. The van der Waals surface area contributed by atoms with Gasteiger partial charge in [-0.25, -0.2) is 13.1 Å². The van der Waals surface area contributed by atoms with Crippen molar-refractivity contribution < 1.29 is 13.2 Å². The van der Waals surface area contributed by atoms with Gasteiger partial charge in [0.15, 0.2) is 0 Å². The average molecular weight is 346 g/mol. The standard InChI is InChI=1S/C18H22N2O3S/c1-4-11-19-24(22,23)17-9-6-15(7-10-17)18(21)20-16-8-5-13(2)14(3)12-16/h5-10,12,19H,4,11H2,1-3H3,(H,20,21). The number of nitrogens with one attached hydrogen (secondary N) is 2. The minimum Gasteiger partial charge on any atom is -0.322 e. The summed E-state index contributed by atoms with van der Waals surface area (Å²) in [5.41, 5.74) is 3.37. The number of anilines is 1. The van der Waals surface area contributed by atoms with Gasteiger partial charge in [0.05, 0.1) is 4.90 Å². The van der Waals surface area contributed by atoms with Crippen molar-refractivity contribution in [3.05, 3.63) is 59.2 Å². The lowest BCUT2D eigenvalue weighted by Crippen LogP contribution is -2.24. The van der Waals surface area contributed by atoms with Crippen LogP contribution in [0.3, 0.4) is 0 Å². The van der Waals surface area contributed by atoms with Gasteiger partial charge in [-0.1, -0.05) is 13.0 Å². The topological polar surface area (TPSA) is 75.3 Å². The molecule has 2 rings (SSSR count). The highest BCUT2D eigenvalue weighted by atomic mass is 32.2. The van der Waals surface area contributed by atoms with Crippen LogP contribution in [0, 0.1) is 13.8 Å². The Morgan fingerprint density at radius 2 is 1.67 bits per heavy atom. The van der Waals surface area contributed by atoms with E-state index in [2.05, 4.69) is 10.0 Å². The van der Waals surface area contributed by atoms with Gasteiger partial charge >= 0.3 is 0 Å². The van der Waals surface area contributed by atoms with E-state index in [9.17, 15) is 13.2 Å². The van der Waals surface area contributed by atoms with Crippen molar-refractivity contribution >= 4 is 21.6 Å². The Labute approximate surface area is 143 Å². The normalized spacial score (nSPS) is 11.3. The van der Waals surface area contributed by atoms with Crippen LogP contribution in [0.1, 0.15) is 34.8 Å². The Hall–Kier alpha value is -2.18. The maximum atomic E-state index is 12.3. The lowest BCUT2D eigenvalue weighted by molar-refractivity contribution is 0.102. The summed E-state index contributed by atoms with van der Waals surface area (Å²) in [5, 5.41) is 2.81. The fourth-order valence-corrected chi connectivity index (χ4v) is 3.26. The van der Waals surface area contributed by atoms with E-state index in [1.54, 1.807) is 0 Å². The summed E-state index contributed by atoms with van der Waals surface area (Å²) in [5.74, 6) is -0.274. The molecule has 0 bridgehead atoms. The molecule has 0 aliphatic heterocycles. The summed E-state index contributed by atoms with van der Waals surface area (Å²) < 4.78 is 26.5. The largest absolute Gasteiger partial charge is 0.322 e. The van der Waals surface area contributed by atoms with E-state index in [0.717, 1.165) is 17.5 Å².